The van der Waals surface area contributed by atoms with Crippen molar-refractivity contribution in [2.45, 2.75) is 51.1 Å². The molecule has 29 heavy (non-hydrogen) atoms. The monoisotopic (exact) mass is 396 g/mol. The number of carbonyl (C=O) groups excluding carboxylic acids is 2. The number of nitrogens with zero attached hydrogens (tertiary/aromatic N) is 2. The van der Waals surface area contributed by atoms with E-state index >= 15 is 0 Å². The lowest BCUT2D eigenvalue weighted by molar-refractivity contribution is 0.0730. The van der Waals surface area contributed by atoms with Gasteiger partial charge in [-0.05, 0) is 31.0 Å². The van der Waals surface area contributed by atoms with Crippen molar-refractivity contribution in [2.24, 2.45) is 0 Å². The fourth-order valence-electron chi connectivity index (χ4n) is 4.37. The first kappa shape index (κ1) is 18.0. The van der Waals surface area contributed by atoms with Crippen molar-refractivity contribution in [3.05, 3.63) is 40.7 Å². The van der Waals surface area contributed by atoms with Gasteiger partial charge >= 0.3 is 0 Å². The number of hydrogen-bond donors (Lipinski definition) is 2. The normalized spacial score (nSPS) is 18.4. The summed E-state index contributed by atoms with van der Waals surface area (Å²) < 4.78 is 10.7. The summed E-state index contributed by atoms with van der Waals surface area (Å²) >= 11 is 0. The third kappa shape index (κ3) is 3.43. The van der Waals surface area contributed by atoms with Gasteiger partial charge in [0.1, 0.15) is 0 Å². The van der Waals surface area contributed by atoms with Crippen LogP contribution in [0.3, 0.4) is 0 Å². The zero-order chi connectivity index (χ0) is 19.8. The van der Waals surface area contributed by atoms with E-state index in [0.29, 0.717) is 42.3 Å². The number of benzene rings is 1. The number of carbonyl (C=O) groups is 2. The fourth-order valence-corrected chi connectivity index (χ4v) is 4.37. The Labute approximate surface area is 168 Å². The maximum atomic E-state index is 13.0. The SMILES string of the molecule is O=C(NC1CCCCC1)c1n[nH]c2c1CN(C(=O)c1ccc3c(c1)OCO3)CC2. The highest BCUT2D eigenvalue weighted by molar-refractivity contribution is 5.96. The van der Waals surface area contributed by atoms with Gasteiger partial charge in [-0.2, -0.15) is 5.10 Å². The van der Waals surface area contributed by atoms with Crippen LogP contribution in [0.4, 0.5) is 0 Å². The van der Waals surface area contributed by atoms with Crippen molar-refractivity contribution < 1.29 is 19.1 Å². The molecule has 8 nitrogen and oxygen atoms in total. The van der Waals surface area contributed by atoms with Crippen molar-refractivity contribution >= 4 is 11.8 Å². The molecule has 0 bridgehead atoms. The molecule has 1 aromatic heterocycles. The molecule has 1 fully saturated rings. The van der Waals surface area contributed by atoms with Gasteiger partial charge < -0.3 is 19.7 Å². The van der Waals surface area contributed by atoms with Crippen molar-refractivity contribution in [1.82, 2.24) is 20.4 Å². The summed E-state index contributed by atoms with van der Waals surface area (Å²) in [5, 5.41) is 10.4. The zero-order valence-electron chi connectivity index (χ0n) is 16.2. The number of rotatable bonds is 3. The molecule has 2 aliphatic heterocycles. The lowest BCUT2D eigenvalue weighted by atomic mass is 9.95. The lowest BCUT2D eigenvalue weighted by Crippen LogP contribution is -2.39. The van der Waals surface area contributed by atoms with Gasteiger partial charge in [-0.1, -0.05) is 19.3 Å². The summed E-state index contributed by atoms with van der Waals surface area (Å²) in [6.45, 7) is 1.12. The summed E-state index contributed by atoms with van der Waals surface area (Å²) in [5.74, 6) is 1.00. The quantitative estimate of drug-likeness (QED) is 0.831. The smallest absolute Gasteiger partial charge is 0.272 e. The molecule has 2 amide bonds. The Hall–Kier alpha value is -3.03. The molecule has 3 aliphatic rings. The summed E-state index contributed by atoms with van der Waals surface area (Å²) in [5.41, 5.74) is 2.72. The summed E-state index contributed by atoms with van der Waals surface area (Å²) in [4.78, 5) is 27.6. The van der Waals surface area contributed by atoms with Gasteiger partial charge in [0.2, 0.25) is 6.79 Å². The molecule has 2 N–H and O–H groups in total. The Morgan fingerprint density at radius 3 is 2.83 bits per heavy atom. The molecular formula is C21H24N4O4. The number of H-pyrrole nitrogens is 1. The average molecular weight is 396 g/mol. The maximum absolute atomic E-state index is 13.0. The highest BCUT2D eigenvalue weighted by atomic mass is 16.7. The number of hydrogen-bond acceptors (Lipinski definition) is 5. The number of aromatic nitrogens is 2. The largest absolute Gasteiger partial charge is 0.454 e. The highest BCUT2D eigenvalue weighted by Gasteiger charge is 2.30. The van der Waals surface area contributed by atoms with Gasteiger partial charge in [0.25, 0.3) is 11.8 Å². The van der Waals surface area contributed by atoms with Crippen LogP contribution in [0.2, 0.25) is 0 Å². The minimum atomic E-state index is -0.147. The standard InChI is InChI=1S/C21H24N4O4/c26-20(22-14-4-2-1-3-5-14)19-15-11-25(9-8-16(15)23-24-19)21(27)13-6-7-17-18(10-13)29-12-28-17/h6-7,10,14H,1-5,8-9,11-12H2,(H,22,26)(H,23,24). The molecule has 3 heterocycles. The van der Waals surface area contributed by atoms with E-state index in [2.05, 4.69) is 15.5 Å². The number of ether oxygens (including phenoxy) is 2. The summed E-state index contributed by atoms with van der Waals surface area (Å²) in [7, 11) is 0. The Balaban J connectivity index is 1.32. The van der Waals surface area contributed by atoms with Crippen LogP contribution in [0.1, 0.15) is 64.2 Å². The zero-order valence-corrected chi connectivity index (χ0v) is 16.2. The Bertz CT molecular complexity index is 948. The van der Waals surface area contributed by atoms with E-state index in [9.17, 15) is 9.59 Å². The molecule has 152 valence electrons. The van der Waals surface area contributed by atoms with E-state index in [4.69, 9.17) is 9.47 Å². The molecule has 0 atom stereocenters. The summed E-state index contributed by atoms with van der Waals surface area (Å²) in [6, 6.07) is 5.44. The number of fused-ring (bicyclic) bond motifs is 2. The number of aromatic amines is 1. The molecule has 8 heteroatoms. The molecule has 1 aliphatic carbocycles. The first-order valence-electron chi connectivity index (χ1n) is 10.2. The van der Waals surface area contributed by atoms with Crippen molar-refractivity contribution in [3.8, 4) is 11.5 Å². The van der Waals surface area contributed by atoms with E-state index in [1.165, 1.54) is 6.42 Å². The van der Waals surface area contributed by atoms with Crippen LogP contribution < -0.4 is 14.8 Å². The summed E-state index contributed by atoms with van der Waals surface area (Å²) in [6.07, 6.45) is 6.24. The lowest BCUT2D eigenvalue weighted by Gasteiger charge is -2.27. The van der Waals surface area contributed by atoms with Crippen LogP contribution in [0.5, 0.6) is 11.5 Å². The van der Waals surface area contributed by atoms with Crippen LogP contribution in [0.15, 0.2) is 18.2 Å². The Kier molecular flexibility index (Phi) is 4.61. The van der Waals surface area contributed by atoms with Gasteiger partial charge in [0.15, 0.2) is 17.2 Å². The third-order valence-corrected chi connectivity index (χ3v) is 6.00. The van der Waals surface area contributed by atoms with Gasteiger partial charge in [0, 0.05) is 35.8 Å². The van der Waals surface area contributed by atoms with Gasteiger partial charge in [0.05, 0.1) is 6.54 Å². The molecule has 1 aromatic carbocycles. The van der Waals surface area contributed by atoms with E-state index in [-0.39, 0.29) is 24.6 Å². The Morgan fingerprint density at radius 1 is 1.14 bits per heavy atom. The third-order valence-electron chi connectivity index (χ3n) is 6.00. The molecule has 1 saturated carbocycles. The van der Waals surface area contributed by atoms with E-state index in [0.717, 1.165) is 36.9 Å². The van der Waals surface area contributed by atoms with Crippen LogP contribution in [-0.4, -0.2) is 46.3 Å². The minimum Gasteiger partial charge on any atom is -0.454 e. The van der Waals surface area contributed by atoms with Crippen LogP contribution in [0.25, 0.3) is 0 Å². The molecular weight excluding hydrogens is 372 g/mol. The van der Waals surface area contributed by atoms with Crippen LogP contribution >= 0.6 is 0 Å². The number of nitrogens with one attached hydrogen (secondary N) is 2. The average Bonchev–Trinajstić information content (AvgIpc) is 3.39. The van der Waals surface area contributed by atoms with Crippen molar-refractivity contribution in [2.75, 3.05) is 13.3 Å². The molecule has 0 unspecified atom stereocenters. The molecule has 5 rings (SSSR count). The van der Waals surface area contributed by atoms with E-state index in [1.54, 1.807) is 23.1 Å². The van der Waals surface area contributed by atoms with Crippen molar-refractivity contribution in [1.29, 1.82) is 0 Å². The van der Waals surface area contributed by atoms with E-state index < -0.39 is 0 Å². The second-order valence-corrected chi connectivity index (χ2v) is 7.88. The molecule has 2 aromatic rings. The molecule has 0 radical (unpaired) electrons. The Morgan fingerprint density at radius 2 is 1.97 bits per heavy atom. The predicted octanol–water partition coefficient (Wildman–Crippen LogP) is 2.40. The predicted molar refractivity (Wildman–Crippen MR) is 104 cm³/mol. The second-order valence-electron chi connectivity index (χ2n) is 7.88. The highest BCUT2D eigenvalue weighted by Crippen LogP contribution is 2.33. The topological polar surface area (TPSA) is 96.6 Å². The second kappa shape index (κ2) is 7.42. The fraction of sp³-hybridized carbons (Fsp3) is 0.476. The molecule has 0 spiro atoms. The minimum absolute atomic E-state index is 0.0891. The van der Waals surface area contributed by atoms with Gasteiger partial charge in [-0.3, -0.25) is 14.7 Å². The van der Waals surface area contributed by atoms with Crippen molar-refractivity contribution in [3.63, 3.8) is 0 Å². The van der Waals surface area contributed by atoms with E-state index in [1.807, 2.05) is 0 Å². The van der Waals surface area contributed by atoms with Crippen LogP contribution in [-0.2, 0) is 13.0 Å². The first-order valence-corrected chi connectivity index (χ1v) is 10.2. The van der Waals surface area contributed by atoms with Gasteiger partial charge in [-0.15, -0.1) is 0 Å². The first-order chi connectivity index (χ1) is 14.2. The number of amides is 2. The maximum Gasteiger partial charge on any atom is 0.272 e. The van der Waals surface area contributed by atoms with Crippen LogP contribution in [0, 0.1) is 0 Å². The molecule has 0 saturated heterocycles. The van der Waals surface area contributed by atoms with Gasteiger partial charge in [-0.25, -0.2) is 0 Å².